The van der Waals surface area contributed by atoms with Crippen molar-refractivity contribution >= 4 is 22.1 Å². The molecule has 0 saturated heterocycles. The van der Waals surface area contributed by atoms with Gasteiger partial charge in [0.25, 0.3) is 0 Å². The van der Waals surface area contributed by atoms with E-state index in [1.54, 1.807) is 12.4 Å². The molecule has 4 aromatic heterocycles. The van der Waals surface area contributed by atoms with E-state index in [-0.39, 0.29) is 11.9 Å². The number of nitrogens with one attached hydrogen (secondary N) is 2. The first kappa shape index (κ1) is 23.3. The number of ether oxygens (including phenoxy) is 1. The Bertz CT molecular complexity index is 1800. The molecule has 1 fully saturated rings. The number of pyridine rings is 2. The number of phenols is 1. The minimum absolute atomic E-state index is 0.143. The summed E-state index contributed by atoms with van der Waals surface area (Å²) in [4.78, 5) is 17.4. The summed E-state index contributed by atoms with van der Waals surface area (Å²) in [6.45, 7) is 0. The monoisotopic (exact) mass is 520 g/mol. The molecule has 8 nitrogen and oxygen atoms in total. The molecular weight excluding hydrogens is 495 g/mol. The second kappa shape index (κ2) is 9.50. The summed E-state index contributed by atoms with van der Waals surface area (Å²) in [5.41, 5.74) is 6.23. The molecule has 1 aliphatic carbocycles. The maximum Gasteiger partial charge on any atom is 0.161 e. The highest BCUT2D eigenvalue weighted by molar-refractivity contribution is 5.96. The number of halogens is 1. The maximum absolute atomic E-state index is 14.0. The van der Waals surface area contributed by atoms with Gasteiger partial charge in [-0.2, -0.15) is 5.10 Å². The van der Waals surface area contributed by atoms with E-state index in [2.05, 4.69) is 20.2 Å². The fourth-order valence-electron chi connectivity index (χ4n) is 5.33. The number of aromatic nitrogens is 6. The Labute approximate surface area is 222 Å². The third-order valence-electron chi connectivity index (χ3n) is 7.20. The minimum Gasteiger partial charge on any atom is -0.508 e. The summed E-state index contributed by atoms with van der Waals surface area (Å²) >= 11 is 0. The number of imidazole rings is 1. The average Bonchev–Trinajstić information content (AvgIpc) is 3.57. The molecule has 0 aliphatic heterocycles. The van der Waals surface area contributed by atoms with Gasteiger partial charge in [0.15, 0.2) is 11.5 Å². The molecule has 1 aliphatic rings. The molecule has 3 N–H and O–H groups in total. The van der Waals surface area contributed by atoms with Crippen molar-refractivity contribution in [2.75, 3.05) is 0 Å². The van der Waals surface area contributed by atoms with Crippen molar-refractivity contribution in [3.8, 4) is 45.4 Å². The molecule has 0 atom stereocenters. The Morgan fingerprint density at radius 2 is 1.77 bits per heavy atom. The zero-order chi connectivity index (χ0) is 26.3. The molecule has 6 aromatic rings. The number of rotatable bonds is 5. The quantitative estimate of drug-likeness (QED) is 0.231. The fourth-order valence-corrected chi connectivity index (χ4v) is 5.33. The van der Waals surface area contributed by atoms with Crippen LogP contribution in [0.3, 0.4) is 0 Å². The van der Waals surface area contributed by atoms with Crippen LogP contribution in [0.5, 0.6) is 11.5 Å². The number of fused-ring (bicyclic) bond motifs is 2. The van der Waals surface area contributed by atoms with Crippen LogP contribution in [0.4, 0.5) is 4.39 Å². The molecular formula is C30H25FN6O2. The number of nitrogens with zero attached hydrogens (tertiary/aromatic N) is 4. The number of para-hydroxylation sites is 1. The van der Waals surface area contributed by atoms with Crippen LogP contribution in [0.15, 0.2) is 67.0 Å². The van der Waals surface area contributed by atoms with Crippen LogP contribution in [0.2, 0.25) is 0 Å². The molecule has 0 spiro atoms. The van der Waals surface area contributed by atoms with Gasteiger partial charge in [-0.15, -0.1) is 0 Å². The van der Waals surface area contributed by atoms with E-state index in [0.717, 1.165) is 46.9 Å². The van der Waals surface area contributed by atoms with E-state index >= 15 is 0 Å². The van der Waals surface area contributed by atoms with E-state index in [4.69, 9.17) is 14.7 Å². The number of hydrogen-bond acceptors (Lipinski definition) is 6. The number of benzene rings is 2. The highest BCUT2D eigenvalue weighted by Gasteiger charge is 2.18. The van der Waals surface area contributed by atoms with Gasteiger partial charge in [0.2, 0.25) is 0 Å². The summed E-state index contributed by atoms with van der Waals surface area (Å²) in [7, 11) is 0. The van der Waals surface area contributed by atoms with Gasteiger partial charge >= 0.3 is 0 Å². The van der Waals surface area contributed by atoms with E-state index in [1.165, 1.54) is 31.4 Å². The Hall–Kier alpha value is -4.79. The minimum atomic E-state index is -0.518. The number of aromatic hydroxyl groups is 1. The molecule has 4 heterocycles. The number of hydrogen-bond donors (Lipinski definition) is 3. The van der Waals surface area contributed by atoms with Crippen LogP contribution in [-0.2, 0) is 0 Å². The van der Waals surface area contributed by atoms with Gasteiger partial charge in [0, 0.05) is 23.4 Å². The molecule has 194 valence electrons. The second-order valence-electron chi connectivity index (χ2n) is 9.94. The van der Waals surface area contributed by atoms with E-state index in [0.29, 0.717) is 33.7 Å². The first-order valence-corrected chi connectivity index (χ1v) is 13.1. The van der Waals surface area contributed by atoms with Crippen molar-refractivity contribution in [3.63, 3.8) is 0 Å². The van der Waals surface area contributed by atoms with Crippen molar-refractivity contribution in [3.05, 3.63) is 72.8 Å². The van der Waals surface area contributed by atoms with Crippen LogP contribution >= 0.6 is 0 Å². The molecule has 9 heteroatoms. The highest BCUT2D eigenvalue weighted by atomic mass is 19.1. The van der Waals surface area contributed by atoms with Crippen LogP contribution in [0.25, 0.3) is 56.0 Å². The van der Waals surface area contributed by atoms with Crippen LogP contribution < -0.4 is 4.74 Å². The van der Waals surface area contributed by atoms with E-state index in [1.807, 2.05) is 36.4 Å². The molecule has 0 unspecified atom stereocenters. The van der Waals surface area contributed by atoms with Gasteiger partial charge in [-0.05, 0) is 67.6 Å². The summed E-state index contributed by atoms with van der Waals surface area (Å²) in [6, 6.07) is 15.4. The Morgan fingerprint density at radius 3 is 2.64 bits per heavy atom. The molecule has 0 amide bonds. The van der Waals surface area contributed by atoms with E-state index in [9.17, 15) is 9.50 Å². The van der Waals surface area contributed by atoms with E-state index < -0.39 is 5.82 Å². The summed E-state index contributed by atoms with van der Waals surface area (Å²) in [5, 5.41) is 17.5. The van der Waals surface area contributed by atoms with Crippen molar-refractivity contribution in [2.45, 2.75) is 38.2 Å². The Kier molecular flexibility index (Phi) is 5.69. The number of phenolic OH excluding ortho intramolecular Hbond substituents is 1. The first-order valence-electron chi connectivity index (χ1n) is 13.1. The van der Waals surface area contributed by atoms with Crippen molar-refractivity contribution in [1.82, 2.24) is 30.1 Å². The zero-order valence-electron chi connectivity index (χ0n) is 21.0. The standard InChI is InChI=1S/C30H25FN6O2/c31-19-11-17(12-20(38)14-19)23-7-4-8-25-27(23)35-30(34-25)29-28-26(36-37-29)10-9-24(33-28)18-13-22(16-32-15-18)39-21-5-2-1-3-6-21/h4,7-16,21,38H,1-3,5-6H2,(H,34,35)(H,36,37). The largest absolute Gasteiger partial charge is 0.508 e. The molecule has 1 saturated carbocycles. The molecule has 0 bridgehead atoms. The van der Waals surface area contributed by atoms with Gasteiger partial charge in [-0.1, -0.05) is 18.6 Å². The molecule has 39 heavy (non-hydrogen) atoms. The van der Waals surface area contributed by atoms with Crippen molar-refractivity contribution in [1.29, 1.82) is 0 Å². The second-order valence-corrected chi connectivity index (χ2v) is 9.94. The van der Waals surface area contributed by atoms with Gasteiger partial charge in [-0.3, -0.25) is 10.1 Å². The highest BCUT2D eigenvalue weighted by Crippen LogP contribution is 2.34. The smallest absolute Gasteiger partial charge is 0.161 e. The lowest BCUT2D eigenvalue weighted by Crippen LogP contribution is -2.19. The lowest BCUT2D eigenvalue weighted by molar-refractivity contribution is 0.154. The number of H-pyrrole nitrogens is 2. The summed E-state index contributed by atoms with van der Waals surface area (Å²) < 4.78 is 20.2. The predicted octanol–water partition coefficient (Wildman–Crippen LogP) is 6.79. The summed E-state index contributed by atoms with van der Waals surface area (Å²) in [6.07, 6.45) is 9.60. The number of aromatic amines is 2. The average molecular weight is 521 g/mol. The third-order valence-corrected chi connectivity index (χ3v) is 7.20. The van der Waals surface area contributed by atoms with Gasteiger partial charge in [0.05, 0.1) is 34.5 Å². The van der Waals surface area contributed by atoms with Crippen LogP contribution in [0, 0.1) is 5.82 Å². The fraction of sp³-hybridized carbons (Fsp3) is 0.200. The molecule has 7 rings (SSSR count). The third kappa shape index (κ3) is 4.46. The molecule has 2 aromatic carbocycles. The SMILES string of the molecule is Oc1cc(F)cc(-c2cccc3[nH]c(-c4n[nH]c5ccc(-c6cncc(OC7CCCCC7)c6)nc45)nc23)c1. The first-order chi connectivity index (χ1) is 19.1. The maximum atomic E-state index is 14.0. The summed E-state index contributed by atoms with van der Waals surface area (Å²) in [5.74, 6) is 0.620. The lowest BCUT2D eigenvalue weighted by atomic mass is 9.98. The van der Waals surface area contributed by atoms with Crippen molar-refractivity contribution < 1.29 is 14.2 Å². The van der Waals surface area contributed by atoms with Crippen molar-refractivity contribution in [2.24, 2.45) is 0 Å². The molecule has 0 radical (unpaired) electrons. The predicted molar refractivity (Wildman–Crippen MR) is 147 cm³/mol. The van der Waals surface area contributed by atoms with Crippen LogP contribution in [0.1, 0.15) is 32.1 Å². The topological polar surface area (TPSA) is 113 Å². The lowest BCUT2D eigenvalue weighted by Gasteiger charge is -2.22. The van der Waals surface area contributed by atoms with Gasteiger partial charge in [0.1, 0.15) is 22.8 Å². The van der Waals surface area contributed by atoms with Gasteiger partial charge in [-0.25, -0.2) is 14.4 Å². The Balaban J connectivity index is 1.26. The Morgan fingerprint density at radius 1 is 0.872 bits per heavy atom. The van der Waals surface area contributed by atoms with Gasteiger partial charge < -0.3 is 14.8 Å². The van der Waals surface area contributed by atoms with Crippen LogP contribution in [-0.4, -0.2) is 41.3 Å². The normalized spacial score (nSPS) is 14.3. The zero-order valence-corrected chi connectivity index (χ0v) is 21.0.